The highest BCUT2D eigenvalue weighted by molar-refractivity contribution is 5.83. The number of hydrogen-bond acceptors (Lipinski definition) is 3. The largest absolute Gasteiger partial charge is 0.390 e. The maximum Gasteiger partial charge on any atom is 0.136 e. The molecule has 0 heterocycles. The number of aliphatic hydroxyl groups is 2. The molecule has 0 aromatic carbocycles. The first-order valence-corrected chi connectivity index (χ1v) is 14.0. The molecule has 33 heavy (non-hydrogen) atoms. The number of fused-ring (bicyclic) bond motifs is 5. The van der Waals surface area contributed by atoms with Crippen molar-refractivity contribution in [3.63, 3.8) is 0 Å². The molecule has 190 valence electrons. The van der Waals surface area contributed by atoms with Crippen LogP contribution < -0.4 is 0 Å². The predicted molar refractivity (Wildman–Crippen MR) is 130 cm³/mol. The van der Waals surface area contributed by atoms with E-state index in [1.807, 2.05) is 13.8 Å². The quantitative estimate of drug-likeness (QED) is 0.471. The van der Waals surface area contributed by atoms with Crippen LogP contribution in [0.5, 0.6) is 0 Å². The monoisotopic (exact) mass is 464 g/mol. The van der Waals surface area contributed by atoms with Crippen molar-refractivity contribution in [2.45, 2.75) is 111 Å². The SMILES string of the molecule is CCC(C(C)CF)C(O)C(O)[C@@H](C)[C@H]1CC[C@H]2[C@@H]3CC(=O)[C@H]4CCCC[C@]4(C)[C@H]3CC[C@]12C. The molecule has 12 atom stereocenters. The zero-order chi connectivity index (χ0) is 24.1. The maximum atomic E-state index is 13.4. The Hall–Kier alpha value is -0.480. The third-order valence-electron chi connectivity index (χ3n) is 11.8. The molecule has 0 aromatic heterocycles. The second-order valence-corrected chi connectivity index (χ2v) is 13.1. The van der Waals surface area contributed by atoms with Gasteiger partial charge >= 0.3 is 0 Å². The first kappa shape index (κ1) is 25.6. The molecule has 4 fully saturated rings. The summed E-state index contributed by atoms with van der Waals surface area (Å²) >= 11 is 0. The summed E-state index contributed by atoms with van der Waals surface area (Å²) in [6.07, 6.45) is 9.11. The van der Waals surface area contributed by atoms with Crippen LogP contribution in [0.15, 0.2) is 0 Å². The number of halogens is 1. The van der Waals surface area contributed by atoms with Crippen LogP contribution in [0.2, 0.25) is 0 Å². The van der Waals surface area contributed by atoms with Crippen LogP contribution in [0.25, 0.3) is 0 Å². The van der Waals surface area contributed by atoms with Gasteiger partial charge in [0.05, 0.1) is 18.9 Å². The lowest BCUT2D eigenvalue weighted by Gasteiger charge is -2.60. The van der Waals surface area contributed by atoms with Crippen molar-refractivity contribution in [2.75, 3.05) is 6.67 Å². The zero-order valence-electron chi connectivity index (χ0n) is 21.7. The molecule has 4 saturated carbocycles. The Balaban J connectivity index is 1.53. The number of ketones is 1. The van der Waals surface area contributed by atoms with Crippen LogP contribution in [0.1, 0.15) is 98.8 Å². The number of carbonyl (C=O) groups is 1. The summed E-state index contributed by atoms with van der Waals surface area (Å²) in [4.78, 5) is 13.3. The van der Waals surface area contributed by atoms with Gasteiger partial charge in [-0.15, -0.1) is 0 Å². The Morgan fingerprint density at radius 1 is 0.970 bits per heavy atom. The maximum absolute atomic E-state index is 13.4. The number of carbonyl (C=O) groups excluding carboxylic acids is 1. The predicted octanol–water partition coefficient (Wildman–Crippen LogP) is 6.20. The summed E-state index contributed by atoms with van der Waals surface area (Å²) in [7, 11) is 0. The molecule has 4 heteroatoms. The van der Waals surface area contributed by atoms with Crippen molar-refractivity contribution < 1.29 is 19.4 Å². The number of alkyl halides is 1. The van der Waals surface area contributed by atoms with Gasteiger partial charge < -0.3 is 10.2 Å². The van der Waals surface area contributed by atoms with Gasteiger partial charge in [-0.3, -0.25) is 9.18 Å². The smallest absolute Gasteiger partial charge is 0.136 e. The van der Waals surface area contributed by atoms with Crippen molar-refractivity contribution in [1.82, 2.24) is 0 Å². The summed E-state index contributed by atoms with van der Waals surface area (Å²) in [5.74, 6) is 2.38. The topological polar surface area (TPSA) is 57.5 Å². The summed E-state index contributed by atoms with van der Waals surface area (Å²) in [5, 5.41) is 22.3. The molecule has 0 radical (unpaired) electrons. The lowest BCUT2D eigenvalue weighted by atomic mass is 9.44. The molecule has 0 bridgehead atoms. The Kier molecular flexibility index (Phi) is 7.39. The highest BCUT2D eigenvalue weighted by atomic mass is 19.1. The molecule has 0 saturated heterocycles. The lowest BCUT2D eigenvalue weighted by molar-refractivity contribution is -0.156. The van der Waals surface area contributed by atoms with Crippen molar-refractivity contribution in [3.05, 3.63) is 0 Å². The minimum Gasteiger partial charge on any atom is -0.390 e. The molecule has 4 unspecified atom stereocenters. The lowest BCUT2D eigenvalue weighted by Crippen LogP contribution is -2.56. The van der Waals surface area contributed by atoms with Gasteiger partial charge in [0.1, 0.15) is 5.78 Å². The van der Waals surface area contributed by atoms with Crippen molar-refractivity contribution >= 4 is 5.78 Å². The average Bonchev–Trinajstić information content (AvgIpc) is 3.15. The van der Waals surface area contributed by atoms with E-state index in [9.17, 15) is 19.4 Å². The van der Waals surface area contributed by atoms with Gasteiger partial charge in [-0.25, -0.2) is 0 Å². The van der Waals surface area contributed by atoms with E-state index in [-0.39, 0.29) is 34.5 Å². The van der Waals surface area contributed by atoms with Crippen LogP contribution in [-0.2, 0) is 4.79 Å². The van der Waals surface area contributed by atoms with Gasteiger partial charge in [-0.05, 0) is 90.8 Å². The van der Waals surface area contributed by atoms with E-state index in [4.69, 9.17) is 0 Å². The highest BCUT2D eigenvalue weighted by Gasteiger charge is 2.62. The van der Waals surface area contributed by atoms with Crippen LogP contribution >= 0.6 is 0 Å². The normalized spacial score (nSPS) is 45.3. The van der Waals surface area contributed by atoms with E-state index in [0.29, 0.717) is 35.9 Å². The summed E-state index contributed by atoms with van der Waals surface area (Å²) in [6, 6.07) is 0. The molecule has 0 amide bonds. The van der Waals surface area contributed by atoms with E-state index < -0.39 is 18.9 Å². The first-order chi connectivity index (χ1) is 15.6. The minimum absolute atomic E-state index is 0.0234. The Bertz CT molecular complexity index is 711. The second-order valence-electron chi connectivity index (χ2n) is 13.1. The number of hydrogen-bond donors (Lipinski definition) is 2. The van der Waals surface area contributed by atoms with E-state index in [2.05, 4.69) is 20.8 Å². The van der Waals surface area contributed by atoms with Crippen LogP contribution in [0, 0.1) is 58.2 Å². The Morgan fingerprint density at radius 2 is 1.67 bits per heavy atom. The van der Waals surface area contributed by atoms with Crippen molar-refractivity contribution in [3.8, 4) is 0 Å². The summed E-state index contributed by atoms with van der Waals surface area (Å²) in [6.45, 7) is 10.3. The van der Waals surface area contributed by atoms with Crippen molar-refractivity contribution in [2.24, 2.45) is 58.2 Å². The van der Waals surface area contributed by atoms with Crippen molar-refractivity contribution in [1.29, 1.82) is 0 Å². The van der Waals surface area contributed by atoms with E-state index in [0.717, 1.165) is 25.7 Å². The molecule has 4 aliphatic rings. The second kappa shape index (κ2) is 9.52. The molecule has 2 N–H and O–H groups in total. The van der Waals surface area contributed by atoms with Gasteiger partial charge in [0.15, 0.2) is 0 Å². The van der Waals surface area contributed by atoms with E-state index in [1.54, 1.807) is 0 Å². The first-order valence-electron chi connectivity index (χ1n) is 14.0. The highest BCUT2D eigenvalue weighted by Crippen LogP contribution is 2.67. The molecular weight excluding hydrogens is 415 g/mol. The minimum atomic E-state index is -0.882. The molecule has 3 nitrogen and oxygen atoms in total. The van der Waals surface area contributed by atoms with Gasteiger partial charge in [0.2, 0.25) is 0 Å². The fourth-order valence-corrected chi connectivity index (χ4v) is 9.90. The molecule has 4 rings (SSSR count). The number of rotatable bonds is 7. The van der Waals surface area contributed by atoms with Gasteiger partial charge in [-0.2, -0.15) is 0 Å². The molecule has 0 spiro atoms. The van der Waals surface area contributed by atoms with Crippen LogP contribution in [-0.4, -0.2) is 34.9 Å². The summed E-state index contributed by atoms with van der Waals surface area (Å²) < 4.78 is 13.4. The fraction of sp³-hybridized carbons (Fsp3) is 0.966. The molecular formula is C29H49FO3. The number of aliphatic hydroxyl groups excluding tert-OH is 2. The van der Waals surface area contributed by atoms with E-state index >= 15 is 0 Å². The Labute approximate surface area is 201 Å². The molecule has 0 aliphatic heterocycles. The number of Topliss-reactive ketones (excluding diaryl/α,β-unsaturated/α-hetero) is 1. The van der Waals surface area contributed by atoms with E-state index in [1.165, 1.54) is 32.1 Å². The zero-order valence-corrected chi connectivity index (χ0v) is 21.7. The Morgan fingerprint density at radius 3 is 2.33 bits per heavy atom. The van der Waals surface area contributed by atoms with Crippen LogP contribution in [0.4, 0.5) is 4.39 Å². The van der Waals surface area contributed by atoms with Gasteiger partial charge in [0.25, 0.3) is 0 Å². The summed E-state index contributed by atoms with van der Waals surface area (Å²) in [5.41, 5.74) is 0.308. The third kappa shape index (κ3) is 4.03. The van der Waals surface area contributed by atoms with Gasteiger partial charge in [0, 0.05) is 12.3 Å². The average molecular weight is 465 g/mol. The molecule has 0 aromatic rings. The molecule has 4 aliphatic carbocycles. The van der Waals surface area contributed by atoms with Gasteiger partial charge in [-0.1, -0.05) is 53.9 Å². The standard InChI is InChI=1S/C29H49FO3/c1-6-19(17(2)16-30)27(33)26(32)18(3)21-10-11-22-20-15-25(31)24-9-7-8-13-28(24,4)23(20)12-14-29(21,22)5/h17-24,26-27,32-33H,6-16H2,1-5H3/t17?,18-,19?,20-,21+,22-,23-,24+,26?,27?,28+,29+/m0/s1. The third-order valence-corrected chi connectivity index (χ3v) is 11.8. The van der Waals surface area contributed by atoms with Crippen LogP contribution in [0.3, 0.4) is 0 Å². The fourth-order valence-electron chi connectivity index (χ4n) is 9.90.